The van der Waals surface area contributed by atoms with E-state index in [1.807, 2.05) is 0 Å². The molecule has 19 heavy (non-hydrogen) atoms. The third-order valence-electron chi connectivity index (χ3n) is 2.94. The van der Waals surface area contributed by atoms with E-state index in [4.69, 9.17) is 10.8 Å². The lowest BCUT2D eigenvalue weighted by atomic mass is 10.2. The van der Waals surface area contributed by atoms with Gasteiger partial charge >= 0.3 is 0 Å². The summed E-state index contributed by atoms with van der Waals surface area (Å²) in [5.41, 5.74) is 2.68. The monoisotopic (exact) mass is 281 g/mol. The Bertz CT molecular complexity index is 501. The smallest absolute Gasteiger partial charge is 0.245 e. The number of nitrogens with zero attached hydrogens (tertiary/aromatic N) is 2. The van der Waals surface area contributed by atoms with Gasteiger partial charge in [0.25, 0.3) is 0 Å². The van der Waals surface area contributed by atoms with Crippen LogP contribution in [0.25, 0.3) is 0 Å². The largest absolute Gasteiger partial charge is 0.431 e. The number of aromatic nitrogens is 1. The standard InChI is InChI=1S/C11H15N5O2S/c1-14-9-10-7(15-6-19-10)2-3-16(11(9)17)4-8(13)18-5-12/h5-6,9,12-14H,2-4H2,1H3. The Kier molecular flexibility index (Phi) is 4.23. The molecule has 1 unspecified atom stereocenters. The molecule has 0 radical (unpaired) electrons. The molecule has 2 heterocycles. The van der Waals surface area contributed by atoms with Crippen molar-refractivity contribution in [1.29, 1.82) is 10.8 Å². The van der Waals surface area contributed by atoms with E-state index in [1.165, 1.54) is 11.3 Å². The number of carbonyl (C=O) groups excluding carboxylic acids is 1. The first kappa shape index (κ1) is 13.6. The molecular formula is C11H15N5O2S. The summed E-state index contributed by atoms with van der Waals surface area (Å²) in [7, 11) is 1.73. The first-order valence-electron chi connectivity index (χ1n) is 5.78. The van der Waals surface area contributed by atoms with E-state index in [0.29, 0.717) is 19.4 Å². The van der Waals surface area contributed by atoms with Crippen LogP contribution in [0.15, 0.2) is 5.51 Å². The molecule has 1 amide bonds. The van der Waals surface area contributed by atoms with Gasteiger partial charge in [0.05, 0.1) is 22.6 Å². The van der Waals surface area contributed by atoms with E-state index in [-0.39, 0.29) is 18.3 Å². The molecule has 1 atom stereocenters. The highest BCUT2D eigenvalue weighted by atomic mass is 32.1. The fraction of sp³-hybridized carbons (Fsp3) is 0.455. The van der Waals surface area contributed by atoms with E-state index < -0.39 is 6.04 Å². The summed E-state index contributed by atoms with van der Waals surface area (Å²) in [5.74, 6) is -0.208. The molecule has 0 bridgehead atoms. The molecule has 7 nitrogen and oxygen atoms in total. The molecule has 0 aromatic carbocycles. The van der Waals surface area contributed by atoms with Crippen molar-refractivity contribution in [2.24, 2.45) is 0 Å². The summed E-state index contributed by atoms with van der Waals surface area (Å²) < 4.78 is 4.66. The number of carbonyl (C=O) groups is 1. The normalized spacial score (nSPS) is 18.7. The van der Waals surface area contributed by atoms with Crippen LogP contribution >= 0.6 is 11.3 Å². The second-order valence-corrected chi connectivity index (χ2v) is 4.94. The average molecular weight is 281 g/mol. The van der Waals surface area contributed by atoms with Gasteiger partial charge in [-0.15, -0.1) is 11.3 Å². The average Bonchev–Trinajstić information content (AvgIpc) is 2.79. The highest BCUT2D eigenvalue weighted by molar-refractivity contribution is 7.10. The number of thiazole rings is 1. The van der Waals surface area contributed by atoms with Crippen LogP contribution < -0.4 is 5.32 Å². The van der Waals surface area contributed by atoms with Gasteiger partial charge in [0, 0.05) is 13.0 Å². The van der Waals surface area contributed by atoms with Crippen LogP contribution in [0.5, 0.6) is 0 Å². The number of hydrogen-bond donors (Lipinski definition) is 3. The molecule has 0 saturated carbocycles. The summed E-state index contributed by atoms with van der Waals surface area (Å²) in [6.45, 7) is 0.568. The topological polar surface area (TPSA) is 102 Å². The molecule has 102 valence electrons. The van der Waals surface area contributed by atoms with Crippen LogP contribution in [-0.2, 0) is 16.0 Å². The predicted molar refractivity (Wildman–Crippen MR) is 71.8 cm³/mol. The molecule has 0 aliphatic carbocycles. The van der Waals surface area contributed by atoms with Crippen molar-refractivity contribution < 1.29 is 9.53 Å². The maximum absolute atomic E-state index is 12.4. The van der Waals surface area contributed by atoms with Crippen LogP contribution in [0, 0.1) is 10.8 Å². The Morgan fingerprint density at radius 1 is 1.79 bits per heavy atom. The van der Waals surface area contributed by atoms with Gasteiger partial charge in [-0.1, -0.05) is 0 Å². The number of nitrogens with one attached hydrogen (secondary N) is 3. The fourth-order valence-corrected chi connectivity index (χ4v) is 2.98. The highest BCUT2D eigenvalue weighted by Gasteiger charge is 2.32. The van der Waals surface area contributed by atoms with Crippen LogP contribution in [0.4, 0.5) is 0 Å². The molecule has 1 aliphatic rings. The Balaban J connectivity index is 2.17. The first-order valence-corrected chi connectivity index (χ1v) is 6.66. The van der Waals surface area contributed by atoms with Crippen molar-refractivity contribution in [3.8, 4) is 0 Å². The van der Waals surface area contributed by atoms with Crippen LogP contribution in [0.2, 0.25) is 0 Å². The van der Waals surface area contributed by atoms with E-state index in [1.54, 1.807) is 17.5 Å². The minimum Gasteiger partial charge on any atom is -0.431 e. The quantitative estimate of drug-likeness (QED) is 0.548. The van der Waals surface area contributed by atoms with E-state index >= 15 is 0 Å². The minimum atomic E-state index is -0.419. The van der Waals surface area contributed by atoms with E-state index in [0.717, 1.165) is 10.6 Å². The first-order chi connectivity index (χ1) is 9.17. The lowest BCUT2D eigenvalue weighted by molar-refractivity contribution is -0.132. The molecule has 1 aliphatic heterocycles. The molecule has 1 aromatic heterocycles. The van der Waals surface area contributed by atoms with Crippen molar-refractivity contribution in [3.05, 3.63) is 16.1 Å². The van der Waals surface area contributed by atoms with Gasteiger partial charge in [-0.05, 0) is 7.05 Å². The highest BCUT2D eigenvalue weighted by Crippen LogP contribution is 2.27. The Morgan fingerprint density at radius 3 is 3.26 bits per heavy atom. The number of hydrogen-bond acceptors (Lipinski definition) is 7. The van der Waals surface area contributed by atoms with Gasteiger partial charge in [0.1, 0.15) is 6.04 Å². The number of fused-ring (bicyclic) bond motifs is 1. The van der Waals surface area contributed by atoms with Gasteiger partial charge in [-0.25, -0.2) is 4.98 Å². The molecule has 2 rings (SSSR count). The fourth-order valence-electron chi connectivity index (χ4n) is 2.04. The molecule has 8 heteroatoms. The maximum atomic E-state index is 12.4. The summed E-state index contributed by atoms with van der Waals surface area (Å²) in [5, 5.41) is 17.3. The molecular weight excluding hydrogens is 266 g/mol. The van der Waals surface area contributed by atoms with Crippen molar-refractivity contribution >= 4 is 29.5 Å². The number of amides is 1. The number of likely N-dealkylation sites (N-methyl/N-ethyl adjacent to an activating group) is 1. The Labute approximate surface area is 114 Å². The van der Waals surface area contributed by atoms with Crippen molar-refractivity contribution in [1.82, 2.24) is 15.2 Å². The predicted octanol–water partition coefficient (Wildman–Crippen LogP) is 0.389. The zero-order chi connectivity index (χ0) is 13.8. The Morgan fingerprint density at radius 2 is 2.58 bits per heavy atom. The summed E-state index contributed by atoms with van der Waals surface area (Å²) in [6.07, 6.45) is 1.36. The number of rotatable bonds is 4. The summed E-state index contributed by atoms with van der Waals surface area (Å²) in [4.78, 5) is 19.2. The minimum absolute atomic E-state index is 0.0708. The second-order valence-electron chi connectivity index (χ2n) is 4.05. The zero-order valence-electron chi connectivity index (χ0n) is 10.5. The van der Waals surface area contributed by atoms with Crippen LogP contribution in [0.1, 0.15) is 16.6 Å². The van der Waals surface area contributed by atoms with Crippen molar-refractivity contribution in [2.75, 3.05) is 20.1 Å². The van der Waals surface area contributed by atoms with Gasteiger partial charge in [0.2, 0.25) is 11.8 Å². The lowest BCUT2D eigenvalue weighted by Gasteiger charge is -2.23. The lowest BCUT2D eigenvalue weighted by Crippen LogP contribution is -2.41. The van der Waals surface area contributed by atoms with E-state index in [2.05, 4.69) is 15.0 Å². The maximum Gasteiger partial charge on any atom is 0.245 e. The molecule has 1 aromatic rings. The van der Waals surface area contributed by atoms with Gasteiger partial charge in [0.15, 0.2) is 6.40 Å². The number of ether oxygens (including phenoxy) is 1. The third-order valence-corrected chi connectivity index (χ3v) is 3.87. The zero-order valence-corrected chi connectivity index (χ0v) is 11.3. The van der Waals surface area contributed by atoms with Gasteiger partial charge in [-0.2, -0.15) is 0 Å². The SMILES string of the molecule is CNC1C(=O)N(CC(=N)OC=N)CCc2ncsc21. The molecule has 0 saturated heterocycles. The summed E-state index contributed by atoms with van der Waals surface area (Å²) >= 11 is 1.46. The Hall–Kier alpha value is -1.80. The van der Waals surface area contributed by atoms with Crippen molar-refractivity contribution in [2.45, 2.75) is 12.5 Å². The van der Waals surface area contributed by atoms with Gasteiger partial charge in [-0.3, -0.25) is 15.6 Å². The van der Waals surface area contributed by atoms with Crippen LogP contribution in [0.3, 0.4) is 0 Å². The summed E-state index contributed by atoms with van der Waals surface area (Å²) in [6, 6.07) is -0.419. The van der Waals surface area contributed by atoms with Gasteiger partial charge < -0.3 is 15.0 Å². The molecule has 0 spiro atoms. The van der Waals surface area contributed by atoms with Crippen LogP contribution in [-0.4, -0.2) is 48.2 Å². The van der Waals surface area contributed by atoms with E-state index in [9.17, 15) is 4.79 Å². The third kappa shape index (κ3) is 2.79. The molecule has 3 N–H and O–H groups in total. The van der Waals surface area contributed by atoms with Crippen molar-refractivity contribution in [3.63, 3.8) is 0 Å². The second kappa shape index (κ2) is 5.89. The molecule has 0 fully saturated rings.